The number of halogens is 1. The van der Waals surface area contributed by atoms with Crippen molar-refractivity contribution < 1.29 is 19.4 Å². The smallest absolute Gasteiger partial charge is 0.305 e. The molecule has 0 radical (unpaired) electrons. The first-order valence-electron chi connectivity index (χ1n) is 5.70. The maximum absolute atomic E-state index is 11.7. The maximum Gasteiger partial charge on any atom is 0.305 e. The lowest BCUT2D eigenvalue weighted by molar-refractivity contribution is -0.136. The highest BCUT2D eigenvalue weighted by atomic mass is 35.5. The van der Waals surface area contributed by atoms with Crippen molar-refractivity contribution in [2.24, 2.45) is 0 Å². The molecule has 0 saturated carbocycles. The van der Waals surface area contributed by atoms with Gasteiger partial charge in [0.2, 0.25) is 5.91 Å². The lowest BCUT2D eigenvalue weighted by atomic mass is 10.1. The molecule has 0 aliphatic rings. The summed E-state index contributed by atoms with van der Waals surface area (Å²) >= 11 is 6.00. The summed E-state index contributed by atoms with van der Waals surface area (Å²) in [4.78, 5) is 23.7. The van der Waals surface area contributed by atoms with Gasteiger partial charge < -0.3 is 14.7 Å². The Labute approximate surface area is 116 Å². The van der Waals surface area contributed by atoms with E-state index in [0.717, 1.165) is 5.56 Å². The molecule has 1 aromatic rings. The van der Waals surface area contributed by atoms with Crippen molar-refractivity contribution in [1.29, 1.82) is 0 Å². The molecular weight excluding hydrogens is 270 g/mol. The Morgan fingerprint density at radius 1 is 1.42 bits per heavy atom. The van der Waals surface area contributed by atoms with Crippen LogP contribution in [0.3, 0.4) is 0 Å². The molecule has 0 spiro atoms. The number of methoxy groups -OCH3 is 1. The third kappa shape index (κ3) is 3.86. The summed E-state index contributed by atoms with van der Waals surface area (Å²) < 4.78 is 5.19. The van der Waals surface area contributed by atoms with Crippen LogP contribution in [0.1, 0.15) is 18.9 Å². The largest absolute Gasteiger partial charge is 0.495 e. The number of carboxylic acids is 1. The van der Waals surface area contributed by atoms with Crippen LogP contribution in [0.25, 0.3) is 0 Å². The summed E-state index contributed by atoms with van der Waals surface area (Å²) in [5.41, 5.74) is 1.32. The number of nitrogens with zero attached hydrogens (tertiary/aromatic N) is 1. The van der Waals surface area contributed by atoms with E-state index in [2.05, 4.69) is 0 Å². The van der Waals surface area contributed by atoms with Crippen molar-refractivity contribution in [2.45, 2.75) is 20.3 Å². The van der Waals surface area contributed by atoms with Gasteiger partial charge in [0.1, 0.15) is 5.75 Å². The van der Waals surface area contributed by atoms with E-state index < -0.39 is 5.97 Å². The number of ether oxygens (including phenoxy) is 1. The molecule has 0 unspecified atom stereocenters. The summed E-state index contributed by atoms with van der Waals surface area (Å²) in [5.74, 6) is -0.770. The highest BCUT2D eigenvalue weighted by Crippen LogP contribution is 2.34. The Hall–Kier alpha value is -1.75. The number of anilines is 1. The number of rotatable bonds is 5. The van der Waals surface area contributed by atoms with Gasteiger partial charge in [-0.2, -0.15) is 0 Å². The van der Waals surface area contributed by atoms with Gasteiger partial charge in [0.05, 0.1) is 19.2 Å². The van der Waals surface area contributed by atoms with Crippen molar-refractivity contribution in [3.63, 3.8) is 0 Å². The number of carboxylic acid groups (broad SMARTS) is 1. The summed E-state index contributed by atoms with van der Waals surface area (Å²) in [7, 11) is 1.47. The van der Waals surface area contributed by atoms with E-state index in [1.807, 2.05) is 0 Å². The lowest BCUT2D eigenvalue weighted by Crippen LogP contribution is -2.31. The van der Waals surface area contributed by atoms with E-state index in [-0.39, 0.29) is 18.9 Å². The monoisotopic (exact) mass is 285 g/mol. The van der Waals surface area contributed by atoms with E-state index in [0.29, 0.717) is 16.5 Å². The highest BCUT2D eigenvalue weighted by Gasteiger charge is 2.18. The van der Waals surface area contributed by atoms with Crippen LogP contribution in [-0.2, 0) is 9.59 Å². The Kier molecular flexibility index (Phi) is 5.18. The van der Waals surface area contributed by atoms with Crippen LogP contribution >= 0.6 is 11.6 Å². The Bertz CT molecular complexity index is 502. The first kappa shape index (κ1) is 15.3. The molecule has 1 rings (SSSR count). The zero-order valence-electron chi connectivity index (χ0n) is 11.1. The van der Waals surface area contributed by atoms with Crippen LogP contribution in [-0.4, -0.2) is 30.6 Å². The Morgan fingerprint density at radius 2 is 2.05 bits per heavy atom. The molecule has 0 aliphatic heterocycles. The number of aryl methyl sites for hydroxylation is 1. The second-order valence-corrected chi connectivity index (χ2v) is 4.49. The second kappa shape index (κ2) is 6.43. The average molecular weight is 286 g/mol. The summed E-state index contributed by atoms with van der Waals surface area (Å²) in [6.07, 6.45) is -0.135. The van der Waals surface area contributed by atoms with Gasteiger partial charge in [0.25, 0.3) is 0 Å². The molecule has 104 valence electrons. The van der Waals surface area contributed by atoms with E-state index in [1.165, 1.54) is 18.9 Å². The predicted octanol–water partition coefficient (Wildman–Crippen LogP) is 2.48. The van der Waals surface area contributed by atoms with Gasteiger partial charge >= 0.3 is 5.97 Å². The molecule has 0 saturated heterocycles. The first-order valence-corrected chi connectivity index (χ1v) is 6.08. The minimum atomic E-state index is -0.962. The molecule has 0 heterocycles. The fourth-order valence-corrected chi connectivity index (χ4v) is 1.83. The summed E-state index contributed by atoms with van der Waals surface area (Å²) in [6, 6.07) is 3.33. The van der Waals surface area contributed by atoms with Gasteiger partial charge in [0, 0.05) is 24.6 Å². The van der Waals surface area contributed by atoms with Gasteiger partial charge in [-0.25, -0.2) is 0 Å². The molecule has 19 heavy (non-hydrogen) atoms. The van der Waals surface area contributed by atoms with E-state index in [4.69, 9.17) is 21.4 Å². The van der Waals surface area contributed by atoms with Crippen molar-refractivity contribution in [3.05, 3.63) is 22.7 Å². The van der Waals surface area contributed by atoms with Crippen LogP contribution in [0.5, 0.6) is 5.75 Å². The molecule has 1 aromatic carbocycles. The van der Waals surface area contributed by atoms with Crippen molar-refractivity contribution >= 4 is 29.2 Å². The second-order valence-electron chi connectivity index (χ2n) is 4.09. The summed E-state index contributed by atoms with van der Waals surface area (Å²) in [5, 5.41) is 9.26. The summed E-state index contributed by atoms with van der Waals surface area (Å²) in [6.45, 7) is 3.27. The number of hydrogen-bond donors (Lipinski definition) is 1. The first-order chi connectivity index (χ1) is 8.86. The van der Waals surface area contributed by atoms with Gasteiger partial charge in [0.15, 0.2) is 0 Å². The van der Waals surface area contributed by atoms with Gasteiger partial charge in [-0.1, -0.05) is 11.6 Å². The van der Waals surface area contributed by atoms with E-state index >= 15 is 0 Å². The zero-order chi connectivity index (χ0) is 14.6. The van der Waals surface area contributed by atoms with Crippen LogP contribution in [0, 0.1) is 6.92 Å². The molecule has 6 heteroatoms. The van der Waals surface area contributed by atoms with Crippen molar-refractivity contribution in [3.8, 4) is 5.75 Å². The number of amides is 1. The number of benzene rings is 1. The minimum Gasteiger partial charge on any atom is -0.495 e. The average Bonchev–Trinajstić information content (AvgIpc) is 2.32. The van der Waals surface area contributed by atoms with Crippen LogP contribution in [0.15, 0.2) is 12.1 Å². The van der Waals surface area contributed by atoms with E-state index in [1.54, 1.807) is 19.1 Å². The molecule has 0 bridgehead atoms. The third-order valence-electron chi connectivity index (χ3n) is 2.68. The number of carbonyl (C=O) groups excluding carboxylic acids is 1. The number of carbonyl (C=O) groups is 2. The molecule has 0 aromatic heterocycles. The Morgan fingerprint density at radius 3 is 2.53 bits per heavy atom. The van der Waals surface area contributed by atoms with Gasteiger partial charge in [-0.3, -0.25) is 9.59 Å². The van der Waals surface area contributed by atoms with Crippen molar-refractivity contribution in [2.75, 3.05) is 18.6 Å². The topological polar surface area (TPSA) is 66.8 Å². The standard InChI is InChI=1S/C13H16ClNO4/c1-8-6-11(12(19-3)7-10(8)14)15(9(2)16)5-4-13(17)18/h6-7H,4-5H2,1-3H3,(H,17,18). The van der Waals surface area contributed by atoms with Crippen LogP contribution < -0.4 is 9.64 Å². The SMILES string of the molecule is COc1cc(Cl)c(C)cc1N(CCC(=O)O)C(C)=O. The molecule has 0 aliphatic carbocycles. The molecular formula is C13H16ClNO4. The zero-order valence-corrected chi connectivity index (χ0v) is 11.8. The predicted molar refractivity (Wildman–Crippen MR) is 73.0 cm³/mol. The number of hydrogen-bond acceptors (Lipinski definition) is 3. The molecule has 5 nitrogen and oxygen atoms in total. The molecule has 1 N–H and O–H groups in total. The third-order valence-corrected chi connectivity index (χ3v) is 3.09. The lowest BCUT2D eigenvalue weighted by Gasteiger charge is -2.23. The fourth-order valence-electron chi connectivity index (χ4n) is 1.68. The maximum atomic E-state index is 11.7. The van der Waals surface area contributed by atoms with Gasteiger partial charge in [-0.05, 0) is 18.6 Å². The molecule has 1 amide bonds. The quantitative estimate of drug-likeness (QED) is 0.902. The fraction of sp³-hybridized carbons (Fsp3) is 0.385. The van der Waals surface area contributed by atoms with E-state index in [9.17, 15) is 9.59 Å². The molecule has 0 fully saturated rings. The number of aliphatic carboxylic acids is 1. The minimum absolute atomic E-state index is 0.0854. The van der Waals surface area contributed by atoms with Gasteiger partial charge in [-0.15, -0.1) is 0 Å². The van der Waals surface area contributed by atoms with Crippen LogP contribution in [0.2, 0.25) is 5.02 Å². The highest BCUT2D eigenvalue weighted by molar-refractivity contribution is 6.31. The van der Waals surface area contributed by atoms with Crippen LogP contribution in [0.4, 0.5) is 5.69 Å². The normalized spacial score (nSPS) is 10.1. The Balaban J connectivity index is 3.17. The molecule has 0 atom stereocenters. The van der Waals surface area contributed by atoms with Crippen molar-refractivity contribution in [1.82, 2.24) is 0 Å².